The van der Waals surface area contributed by atoms with E-state index < -0.39 is 6.85 Å². The zero-order valence-electron chi connectivity index (χ0n) is 40.7. The standard InChI is InChI=1S/C65H44BN5O2.Pt/c1-65(2,3)55-37-38-67-63-62(55)73-64-68-66(56-33-15-14-25-47(56)42-19-6-4-7-20-42)57-36-35-46(40-59(57)71(63)64)72-45-24-16-23-44(39-45)69-41-70-60-48(43-21-8-5-9-22-43)30-17-31-53(60)51-28-12-10-26-49(51)50-27-11-13-29-52(50)54-32-18-34-58(69)61(54)70;/h4-38H,1-3H3;/q-2;. The number of hydrogen-bond acceptors (Lipinski definition) is 5. The molecule has 7 nitrogen and oxygen atoms in total. The fraction of sp³-hybridized carbons (Fsp3) is 0.0615. The second kappa shape index (κ2) is 17.9. The number of anilines is 2. The summed E-state index contributed by atoms with van der Waals surface area (Å²) in [5.74, 6) is 2.42. The number of hydrogen-bond donors (Lipinski definition) is 0. The van der Waals surface area contributed by atoms with Gasteiger partial charge in [0.05, 0.1) is 16.7 Å². The summed E-state index contributed by atoms with van der Waals surface area (Å²) in [4.78, 5) is 12.3. The van der Waals surface area contributed by atoms with Gasteiger partial charge in [0.2, 0.25) is 0 Å². The van der Waals surface area contributed by atoms with Crippen molar-refractivity contribution in [1.82, 2.24) is 9.55 Å². The number of nitrogens with zero attached hydrogens (tertiary/aromatic N) is 5. The van der Waals surface area contributed by atoms with E-state index >= 15 is 0 Å². The van der Waals surface area contributed by atoms with Crippen molar-refractivity contribution in [2.24, 2.45) is 4.90 Å². The third-order valence-corrected chi connectivity index (χ3v) is 14.3. The van der Waals surface area contributed by atoms with E-state index in [-0.39, 0.29) is 26.5 Å². The Morgan fingerprint density at radius 3 is 1.85 bits per heavy atom. The minimum atomic E-state index is -0.396. The first-order valence-electron chi connectivity index (χ1n) is 24.7. The molecule has 9 heteroatoms. The molecule has 2 aromatic heterocycles. The van der Waals surface area contributed by atoms with Gasteiger partial charge in [-0.05, 0) is 72.8 Å². The molecule has 11 aromatic rings. The van der Waals surface area contributed by atoms with Crippen LogP contribution in [0.1, 0.15) is 26.3 Å². The Morgan fingerprint density at radius 1 is 0.541 bits per heavy atom. The number of aromatic nitrogens is 3. The molecular formula is C65H44BN5O2Pt-2. The van der Waals surface area contributed by atoms with Crippen LogP contribution in [0.15, 0.2) is 217 Å². The van der Waals surface area contributed by atoms with Crippen LogP contribution < -0.4 is 29.9 Å². The molecule has 0 saturated heterocycles. The first-order valence-corrected chi connectivity index (χ1v) is 24.7. The van der Waals surface area contributed by atoms with Crippen LogP contribution in [0.2, 0.25) is 0 Å². The summed E-state index contributed by atoms with van der Waals surface area (Å²) in [5, 5.41) is 0. The predicted molar refractivity (Wildman–Crippen MR) is 293 cm³/mol. The number of amidine groups is 1. The topological polar surface area (TPSA) is 55.8 Å². The van der Waals surface area contributed by atoms with Crippen LogP contribution in [0.25, 0.3) is 78.0 Å². The zero-order valence-corrected chi connectivity index (χ0v) is 42.9. The number of rotatable bonds is 6. The fourth-order valence-electron chi connectivity index (χ4n) is 11.0. The van der Waals surface area contributed by atoms with Crippen molar-refractivity contribution >= 4 is 46.3 Å². The van der Waals surface area contributed by atoms with E-state index in [0.29, 0.717) is 29.1 Å². The van der Waals surface area contributed by atoms with Crippen molar-refractivity contribution in [2.75, 3.05) is 4.90 Å². The Balaban J connectivity index is 0.00000528. The zero-order chi connectivity index (χ0) is 48.8. The smallest absolute Gasteiger partial charge is 0.287 e. The van der Waals surface area contributed by atoms with Crippen molar-refractivity contribution in [3.8, 4) is 84.3 Å². The third-order valence-electron chi connectivity index (χ3n) is 14.3. The SMILES string of the molecule is CC(C)(C)c1ccnc2c1OC1=NB(c3ccccc3-c3ccccc3)c3ccc(Oc4[c-]c(-n5[c-][n+]6c7c(cccc75)-c5ccccc5-c5ccccc5-c5cccc(-c7ccccc7)c5-6)ccc4)[c-]c3N12.[Pt]. The van der Waals surface area contributed by atoms with Crippen LogP contribution in [0.4, 0.5) is 11.5 Å². The number of pyridine rings is 1. The van der Waals surface area contributed by atoms with Crippen LogP contribution in [-0.4, -0.2) is 22.4 Å². The van der Waals surface area contributed by atoms with Gasteiger partial charge < -0.3 is 14.0 Å². The molecule has 0 bridgehead atoms. The van der Waals surface area contributed by atoms with Crippen LogP contribution in [-0.2, 0) is 26.5 Å². The van der Waals surface area contributed by atoms with Gasteiger partial charge in [-0.15, -0.1) is 29.7 Å². The van der Waals surface area contributed by atoms with Gasteiger partial charge in [0.1, 0.15) is 0 Å². The van der Waals surface area contributed by atoms with Crippen molar-refractivity contribution in [2.45, 2.75) is 26.2 Å². The molecule has 0 unspecified atom stereocenters. The molecule has 3 aliphatic rings. The van der Waals surface area contributed by atoms with E-state index in [9.17, 15) is 0 Å². The van der Waals surface area contributed by atoms with E-state index in [0.717, 1.165) is 89.1 Å². The number of imidazole rings is 1. The summed E-state index contributed by atoms with van der Waals surface area (Å²) in [7, 11) is 0. The largest absolute Gasteiger partial charge is 0.510 e. The summed E-state index contributed by atoms with van der Waals surface area (Å²) in [6.45, 7) is 6.16. The fourth-order valence-corrected chi connectivity index (χ4v) is 11.0. The molecule has 0 saturated carbocycles. The Morgan fingerprint density at radius 2 is 1.12 bits per heavy atom. The first kappa shape index (κ1) is 45.3. The molecule has 0 aliphatic carbocycles. The molecule has 3 aliphatic heterocycles. The molecule has 356 valence electrons. The number of ether oxygens (including phenoxy) is 2. The normalized spacial score (nSPS) is 12.8. The van der Waals surface area contributed by atoms with E-state index in [1.807, 2.05) is 41.4 Å². The number of benzene rings is 9. The Labute approximate surface area is 445 Å². The van der Waals surface area contributed by atoms with Crippen molar-refractivity contribution in [3.05, 3.63) is 236 Å². The van der Waals surface area contributed by atoms with Crippen molar-refractivity contribution in [3.63, 3.8) is 0 Å². The van der Waals surface area contributed by atoms with Gasteiger partial charge in [0.25, 0.3) is 19.2 Å². The summed E-state index contributed by atoms with van der Waals surface area (Å²) in [5.41, 5.74) is 18.8. The molecule has 14 rings (SSSR count). The van der Waals surface area contributed by atoms with Crippen molar-refractivity contribution < 1.29 is 35.1 Å². The van der Waals surface area contributed by atoms with Crippen LogP contribution in [0, 0.1) is 18.5 Å². The van der Waals surface area contributed by atoms with Gasteiger partial charge in [-0.3, -0.25) is 14.4 Å². The van der Waals surface area contributed by atoms with E-state index in [1.165, 1.54) is 11.1 Å². The number of para-hydroxylation sites is 2. The van der Waals surface area contributed by atoms with Gasteiger partial charge in [-0.25, -0.2) is 4.98 Å². The monoisotopic (exact) mass is 1130 g/mol. The predicted octanol–water partition coefficient (Wildman–Crippen LogP) is 13.4. The average molecular weight is 1130 g/mol. The quantitative estimate of drug-likeness (QED) is 0.0946. The van der Waals surface area contributed by atoms with Gasteiger partial charge in [-0.1, -0.05) is 202 Å². The van der Waals surface area contributed by atoms with E-state index in [2.05, 4.69) is 224 Å². The van der Waals surface area contributed by atoms with Crippen LogP contribution in [0.5, 0.6) is 17.2 Å². The third kappa shape index (κ3) is 7.35. The maximum atomic E-state index is 6.84. The molecule has 0 spiro atoms. The molecule has 5 heterocycles. The molecule has 0 N–H and O–H groups in total. The minimum Gasteiger partial charge on any atom is -0.510 e. The Hall–Kier alpha value is -8.58. The Kier molecular flexibility index (Phi) is 10.9. The molecule has 0 atom stereocenters. The van der Waals surface area contributed by atoms with Gasteiger partial charge in [0.15, 0.2) is 11.6 Å². The average Bonchev–Trinajstić information content (AvgIpc) is 4.03. The van der Waals surface area contributed by atoms with Crippen LogP contribution in [0.3, 0.4) is 0 Å². The second-order valence-electron chi connectivity index (χ2n) is 19.7. The number of fused-ring (bicyclic) bond motifs is 12. The first-order chi connectivity index (χ1) is 35.9. The molecular weight excluding hydrogens is 1090 g/mol. The van der Waals surface area contributed by atoms with Crippen LogP contribution >= 0.6 is 0 Å². The Bertz CT molecular complexity index is 4050. The maximum absolute atomic E-state index is 6.84. The second-order valence-corrected chi connectivity index (χ2v) is 19.7. The van der Waals surface area contributed by atoms with E-state index in [1.54, 1.807) is 0 Å². The van der Waals surface area contributed by atoms with Crippen molar-refractivity contribution in [1.29, 1.82) is 0 Å². The summed E-state index contributed by atoms with van der Waals surface area (Å²) < 4.78 is 18.0. The molecule has 0 fully saturated rings. The molecule has 0 radical (unpaired) electrons. The summed E-state index contributed by atoms with van der Waals surface area (Å²) in [6, 6.07) is 80.1. The minimum absolute atomic E-state index is 0. The summed E-state index contributed by atoms with van der Waals surface area (Å²) in [6.07, 6.45) is 5.74. The molecule has 0 amide bonds. The van der Waals surface area contributed by atoms with E-state index in [4.69, 9.17) is 19.4 Å². The molecule has 9 aromatic carbocycles. The van der Waals surface area contributed by atoms with Gasteiger partial charge in [-0.2, -0.15) is 18.2 Å². The molecule has 74 heavy (non-hydrogen) atoms. The van der Waals surface area contributed by atoms with Gasteiger partial charge in [0, 0.05) is 44.3 Å². The summed E-state index contributed by atoms with van der Waals surface area (Å²) >= 11 is 0. The van der Waals surface area contributed by atoms with Gasteiger partial charge >= 0.3 is 0 Å². The maximum Gasteiger partial charge on any atom is 0.287 e.